The Morgan fingerprint density at radius 1 is 0.966 bits per heavy atom. The molecule has 0 radical (unpaired) electrons. The molecule has 1 aliphatic heterocycles. The van der Waals surface area contributed by atoms with E-state index in [1.807, 2.05) is 48.5 Å². The molecule has 2 aliphatic rings. The van der Waals surface area contributed by atoms with Crippen LogP contribution < -0.4 is 10.2 Å². The Morgan fingerprint density at radius 3 is 2.28 bits per heavy atom. The number of aromatic nitrogens is 1. The Labute approximate surface area is 169 Å². The molecular formula is C23H23N3O3. The van der Waals surface area contributed by atoms with Gasteiger partial charge in [-0.15, -0.1) is 0 Å². The van der Waals surface area contributed by atoms with Gasteiger partial charge < -0.3 is 19.5 Å². The zero-order chi connectivity index (χ0) is 19.7. The van der Waals surface area contributed by atoms with E-state index in [0.717, 1.165) is 24.0 Å². The number of anilines is 1. The van der Waals surface area contributed by atoms with Gasteiger partial charge in [-0.05, 0) is 18.4 Å². The molecule has 1 aliphatic carbocycles. The van der Waals surface area contributed by atoms with Crippen molar-refractivity contribution in [2.45, 2.75) is 18.4 Å². The molecule has 148 valence electrons. The van der Waals surface area contributed by atoms with E-state index in [0.29, 0.717) is 43.4 Å². The highest BCUT2D eigenvalue weighted by molar-refractivity contribution is 6.04. The number of benzene rings is 2. The molecule has 0 unspecified atom stereocenters. The third-order valence-electron chi connectivity index (χ3n) is 5.68. The van der Waals surface area contributed by atoms with Crippen molar-refractivity contribution in [2.75, 3.05) is 31.2 Å². The lowest BCUT2D eigenvalue weighted by molar-refractivity contribution is 0.0930. The van der Waals surface area contributed by atoms with E-state index in [9.17, 15) is 4.79 Å². The summed E-state index contributed by atoms with van der Waals surface area (Å²) in [6.45, 7) is 2.60. The van der Waals surface area contributed by atoms with Crippen LogP contribution in [0.4, 0.5) is 5.82 Å². The Hall–Kier alpha value is -3.12. The summed E-state index contributed by atoms with van der Waals surface area (Å²) in [6, 6.07) is 19.8. The number of nitrogens with one attached hydrogen (secondary N) is 1. The predicted octanol–water partition coefficient (Wildman–Crippen LogP) is 3.60. The molecule has 1 N–H and O–H groups in total. The normalized spacial score (nSPS) is 17.7. The van der Waals surface area contributed by atoms with E-state index < -0.39 is 0 Å². The van der Waals surface area contributed by atoms with Gasteiger partial charge in [0.25, 0.3) is 5.91 Å². The zero-order valence-electron chi connectivity index (χ0n) is 16.1. The fraction of sp³-hybridized carbons (Fsp3) is 0.304. The third kappa shape index (κ3) is 3.40. The molecule has 1 saturated heterocycles. The second-order valence-electron chi connectivity index (χ2n) is 7.58. The highest BCUT2D eigenvalue weighted by Crippen LogP contribution is 2.46. The van der Waals surface area contributed by atoms with Gasteiger partial charge in [-0.2, -0.15) is 0 Å². The van der Waals surface area contributed by atoms with Gasteiger partial charge in [-0.25, -0.2) is 0 Å². The van der Waals surface area contributed by atoms with Crippen molar-refractivity contribution in [1.29, 1.82) is 0 Å². The molecule has 0 bridgehead atoms. The summed E-state index contributed by atoms with van der Waals surface area (Å²) in [5, 5.41) is 7.57. The molecule has 1 amide bonds. The smallest absolute Gasteiger partial charge is 0.259 e. The Morgan fingerprint density at radius 2 is 1.62 bits per heavy atom. The van der Waals surface area contributed by atoms with Crippen LogP contribution in [0.3, 0.4) is 0 Å². The zero-order valence-corrected chi connectivity index (χ0v) is 16.1. The van der Waals surface area contributed by atoms with E-state index in [1.54, 1.807) is 0 Å². The van der Waals surface area contributed by atoms with E-state index >= 15 is 0 Å². The highest BCUT2D eigenvalue weighted by Gasteiger charge is 2.46. The van der Waals surface area contributed by atoms with Crippen LogP contribution in [0.1, 0.15) is 28.8 Å². The van der Waals surface area contributed by atoms with Crippen molar-refractivity contribution in [3.8, 4) is 11.3 Å². The van der Waals surface area contributed by atoms with Crippen molar-refractivity contribution in [2.24, 2.45) is 0 Å². The van der Waals surface area contributed by atoms with Gasteiger partial charge in [0.05, 0.1) is 18.8 Å². The molecular weight excluding hydrogens is 366 g/mol. The average Bonchev–Trinajstić information content (AvgIpc) is 3.43. The Bertz CT molecular complexity index is 991. The summed E-state index contributed by atoms with van der Waals surface area (Å²) in [7, 11) is 0. The lowest BCUT2D eigenvalue weighted by atomic mass is 10.0. The number of morpholine rings is 1. The van der Waals surface area contributed by atoms with Crippen molar-refractivity contribution >= 4 is 11.7 Å². The third-order valence-corrected chi connectivity index (χ3v) is 5.68. The summed E-state index contributed by atoms with van der Waals surface area (Å²) < 4.78 is 11.2. The fourth-order valence-corrected chi connectivity index (χ4v) is 3.91. The Balaban J connectivity index is 1.52. The summed E-state index contributed by atoms with van der Waals surface area (Å²) in [4.78, 5) is 15.6. The van der Waals surface area contributed by atoms with E-state index in [4.69, 9.17) is 9.26 Å². The van der Waals surface area contributed by atoms with Crippen LogP contribution in [0, 0.1) is 0 Å². The van der Waals surface area contributed by atoms with Gasteiger partial charge in [0.1, 0.15) is 5.56 Å². The molecule has 6 nitrogen and oxygen atoms in total. The molecule has 1 aromatic heterocycles. The van der Waals surface area contributed by atoms with Crippen LogP contribution in [0.5, 0.6) is 0 Å². The SMILES string of the molecule is O=C(NC1(c2ccccc2)CC1)c1c(N2CCOCC2)noc1-c1ccccc1. The summed E-state index contributed by atoms with van der Waals surface area (Å²) in [6.07, 6.45) is 1.86. The number of nitrogens with zero attached hydrogens (tertiary/aromatic N) is 2. The maximum absolute atomic E-state index is 13.5. The summed E-state index contributed by atoms with van der Waals surface area (Å²) in [5.41, 5.74) is 2.18. The first-order valence-corrected chi connectivity index (χ1v) is 10.0. The second-order valence-corrected chi connectivity index (χ2v) is 7.58. The number of hydrogen-bond donors (Lipinski definition) is 1. The van der Waals surface area contributed by atoms with Crippen molar-refractivity contribution in [3.63, 3.8) is 0 Å². The molecule has 29 heavy (non-hydrogen) atoms. The van der Waals surface area contributed by atoms with Gasteiger partial charge in [-0.1, -0.05) is 65.8 Å². The molecule has 2 aromatic carbocycles. The minimum Gasteiger partial charge on any atom is -0.378 e. The van der Waals surface area contributed by atoms with Crippen LogP contribution in [-0.4, -0.2) is 37.4 Å². The van der Waals surface area contributed by atoms with Crippen molar-refractivity contribution < 1.29 is 14.1 Å². The number of carbonyl (C=O) groups excluding carboxylic acids is 1. The van der Waals surface area contributed by atoms with Crippen LogP contribution in [0.2, 0.25) is 0 Å². The highest BCUT2D eigenvalue weighted by atomic mass is 16.5. The Kier molecular flexibility index (Phi) is 4.56. The molecule has 2 heterocycles. The van der Waals surface area contributed by atoms with Gasteiger partial charge >= 0.3 is 0 Å². The van der Waals surface area contributed by atoms with Gasteiger partial charge in [-0.3, -0.25) is 4.79 Å². The summed E-state index contributed by atoms with van der Waals surface area (Å²) in [5.74, 6) is 0.954. The fourth-order valence-electron chi connectivity index (χ4n) is 3.91. The number of hydrogen-bond acceptors (Lipinski definition) is 5. The minimum atomic E-state index is -0.300. The topological polar surface area (TPSA) is 67.6 Å². The van der Waals surface area contributed by atoms with Crippen molar-refractivity contribution in [1.82, 2.24) is 10.5 Å². The molecule has 6 heteroatoms. The number of rotatable bonds is 5. The van der Waals surface area contributed by atoms with Crippen LogP contribution in [0.25, 0.3) is 11.3 Å². The number of ether oxygens (including phenoxy) is 1. The largest absolute Gasteiger partial charge is 0.378 e. The quantitative estimate of drug-likeness (QED) is 0.722. The molecule has 0 atom stereocenters. The first-order valence-electron chi connectivity index (χ1n) is 10.0. The van der Waals surface area contributed by atoms with E-state index in [2.05, 4.69) is 27.5 Å². The summed E-state index contributed by atoms with van der Waals surface area (Å²) >= 11 is 0. The van der Waals surface area contributed by atoms with Crippen molar-refractivity contribution in [3.05, 3.63) is 71.8 Å². The van der Waals surface area contributed by atoms with Gasteiger partial charge in [0.15, 0.2) is 11.6 Å². The molecule has 0 spiro atoms. The lowest BCUT2D eigenvalue weighted by Gasteiger charge is -2.27. The van der Waals surface area contributed by atoms with Crippen LogP contribution in [0.15, 0.2) is 65.2 Å². The van der Waals surface area contributed by atoms with E-state index in [1.165, 1.54) is 0 Å². The average molecular weight is 389 g/mol. The molecule has 2 fully saturated rings. The first kappa shape index (κ1) is 17.9. The number of amides is 1. The monoisotopic (exact) mass is 389 g/mol. The number of carbonyl (C=O) groups is 1. The van der Waals surface area contributed by atoms with Gasteiger partial charge in [0.2, 0.25) is 0 Å². The van der Waals surface area contributed by atoms with E-state index in [-0.39, 0.29) is 11.4 Å². The minimum absolute atomic E-state index is 0.145. The van der Waals surface area contributed by atoms with Gasteiger partial charge in [0, 0.05) is 18.7 Å². The van der Waals surface area contributed by atoms with Crippen LogP contribution in [-0.2, 0) is 10.3 Å². The molecule has 3 aromatic rings. The predicted molar refractivity (Wildman–Crippen MR) is 110 cm³/mol. The van der Waals surface area contributed by atoms with Crippen LogP contribution >= 0.6 is 0 Å². The molecule has 5 rings (SSSR count). The first-order chi connectivity index (χ1) is 14.3. The maximum Gasteiger partial charge on any atom is 0.259 e. The standard InChI is InChI=1S/C23H23N3O3/c27-22(24-23(11-12-23)18-9-5-2-6-10-18)19-20(17-7-3-1-4-8-17)29-25-21(19)26-13-15-28-16-14-26/h1-10H,11-16H2,(H,24,27). The molecule has 1 saturated carbocycles. The lowest BCUT2D eigenvalue weighted by Crippen LogP contribution is -2.39. The maximum atomic E-state index is 13.5. The second kappa shape index (κ2) is 7.37.